The number of amides is 2. The minimum atomic E-state index is -0.796. The Morgan fingerprint density at radius 2 is 1.88 bits per heavy atom. The summed E-state index contributed by atoms with van der Waals surface area (Å²) in [7, 11) is 0. The highest BCUT2D eigenvalue weighted by Crippen LogP contribution is 2.53. The number of non-ortho nitro benzene ring substituents is 1. The van der Waals surface area contributed by atoms with Gasteiger partial charge < -0.3 is 9.72 Å². The fourth-order valence-electron chi connectivity index (χ4n) is 4.32. The number of nitrogens with zero attached hydrogens (tertiary/aromatic N) is 2. The molecule has 0 bridgehead atoms. The fourth-order valence-corrected chi connectivity index (χ4v) is 6.84. The molecule has 5 rings (SSSR count). The maximum absolute atomic E-state index is 13.6. The quantitative estimate of drug-likeness (QED) is 0.334. The molecule has 0 saturated carbocycles. The lowest BCUT2D eigenvalue weighted by Gasteiger charge is -2.29. The lowest BCUT2D eigenvalue weighted by Crippen LogP contribution is -2.32. The van der Waals surface area contributed by atoms with E-state index in [0.717, 1.165) is 28.0 Å². The molecule has 168 valence electrons. The highest BCUT2D eigenvalue weighted by molar-refractivity contribution is 8.00. The zero-order chi connectivity index (χ0) is 23.3. The van der Waals surface area contributed by atoms with Crippen LogP contribution in [0.5, 0.6) is 5.75 Å². The molecule has 1 saturated heterocycles. The summed E-state index contributed by atoms with van der Waals surface area (Å²) in [6, 6.07) is 12.7. The number of imide groups is 1. The number of rotatable bonds is 5. The van der Waals surface area contributed by atoms with Gasteiger partial charge in [0.1, 0.15) is 11.0 Å². The first-order chi connectivity index (χ1) is 15.9. The molecule has 3 heterocycles. The number of nitro groups is 1. The summed E-state index contributed by atoms with van der Waals surface area (Å²) in [6.07, 6.45) is 0. The first-order valence-corrected chi connectivity index (χ1v) is 11.8. The largest absolute Gasteiger partial charge is 0.494 e. The molecule has 33 heavy (non-hydrogen) atoms. The summed E-state index contributed by atoms with van der Waals surface area (Å²) in [5.41, 5.74) is 0.829. The summed E-state index contributed by atoms with van der Waals surface area (Å²) < 4.78 is 5.44. The molecule has 2 amide bonds. The van der Waals surface area contributed by atoms with Crippen LogP contribution in [-0.4, -0.2) is 33.6 Å². The van der Waals surface area contributed by atoms with E-state index in [9.17, 15) is 24.5 Å². The number of aromatic nitrogens is 1. The number of carbonyl (C=O) groups is 2. The van der Waals surface area contributed by atoms with Crippen LogP contribution in [0.3, 0.4) is 0 Å². The fraction of sp³-hybridized carbons (Fsp3) is 0.227. The maximum atomic E-state index is 13.6. The van der Waals surface area contributed by atoms with Crippen molar-refractivity contribution >= 4 is 46.3 Å². The molecule has 0 radical (unpaired) electrons. The van der Waals surface area contributed by atoms with E-state index in [4.69, 9.17) is 4.74 Å². The number of hydrogen-bond acceptors (Lipinski definition) is 8. The number of ether oxygens (including phenoxy) is 1. The molecule has 0 unspecified atom stereocenters. The van der Waals surface area contributed by atoms with Crippen molar-refractivity contribution < 1.29 is 19.2 Å². The standard InChI is InChI=1S/C22H17N3O6S2/c1-2-31-14-8-6-12(7-9-14)24-20(26)16-15(11-4-3-5-13(10-11)25(29)30)17-19(23-22(28)33-17)32-18(16)21(24)27/h3-10,15-16,18H,2H2,1H3,(H,23,28)/t15-,16-,18-/m1/s1. The molecule has 3 atom stereocenters. The Balaban J connectivity index is 1.60. The summed E-state index contributed by atoms with van der Waals surface area (Å²) in [5, 5.41) is 11.1. The van der Waals surface area contributed by atoms with E-state index in [2.05, 4.69) is 4.98 Å². The number of anilines is 1. The predicted octanol–water partition coefficient (Wildman–Crippen LogP) is 3.54. The van der Waals surface area contributed by atoms with Crippen LogP contribution in [0.25, 0.3) is 0 Å². The van der Waals surface area contributed by atoms with Crippen molar-refractivity contribution in [2.24, 2.45) is 5.92 Å². The van der Waals surface area contributed by atoms with Crippen molar-refractivity contribution in [3.05, 3.63) is 78.8 Å². The smallest absolute Gasteiger partial charge is 0.305 e. The van der Waals surface area contributed by atoms with Crippen molar-refractivity contribution in [1.29, 1.82) is 0 Å². The van der Waals surface area contributed by atoms with Gasteiger partial charge in [-0.25, -0.2) is 4.90 Å². The first kappa shape index (κ1) is 21.4. The van der Waals surface area contributed by atoms with Crippen LogP contribution in [0.15, 0.2) is 58.4 Å². The third-order valence-corrected chi connectivity index (χ3v) is 8.07. The average molecular weight is 484 g/mol. The molecular formula is C22H17N3O6S2. The van der Waals surface area contributed by atoms with Crippen molar-refractivity contribution in [1.82, 2.24) is 4.98 Å². The van der Waals surface area contributed by atoms with Gasteiger partial charge in [-0.1, -0.05) is 35.2 Å². The van der Waals surface area contributed by atoms with Gasteiger partial charge in [-0.2, -0.15) is 0 Å². The second-order valence-electron chi connectivity index (χ2n) is 7.54. The number of nitrogens with one attached hydrogen (secondary N) is 1. The number of hydrogen-bond donors (Lipinski definition) is 1. The third-order valence-electron chi connectivity index (χ3n) is 5.67. The molecule has 3 aromatic rings. The number of H-pyrrole nitrogens is 1. The Labute approximate surface area is 195 Å². The van der Waals surface area contributed by atoms with E-state index in [1.54, 1.807) is 36.4 Å². The molecule has 9 nitrogen and oxygen atoms in total. The van der Waals surface area contributed by atoms with Crippen molar-refractivity contribution in [2.45, 2.75) is 23.1 Å². The van der Waals surface area contributed by atoms with Crippen LogP contribution in [0.2, 0.25) is 0 Å². The summed E-state index contributed by atoms with van der Waals surface area (Å²) in [5.74, 6) is -1.60. The first-order valence-electron chi connectivity index (χ1n) is 10.1. The second kappa shape index (κ2) is 8.16. The molecule has 1 N–H and O–H groups in total. The van der Waals surface area contributed by atoms with Gasteiger partial charge in [0, 0.05) is 22.9 Å². The monoisotopic (exact) mass is 483 g/mol. The number of nitro benzene ring substituents is 1. The zero-order valence-electron chi connectivity index (χ0n) is 17.2. The Bertz CT molecular complexity index is 1330. The number of carbonyl (C=O) groups excluding carboxylic acids is 2. The molecule has 1 aromatic heterocycles. The highest BCUT2D eigenvalue weighted by atomic mass is 32.2. The maximum Gasteiger partial charge on any atom is 0.305 e. The lowest BCUT2D eigenvalue weighted by atomic mass is 9.83. The molecule has 2 aliphatic heterocycles. The van der Waals surface area contributed by atoms with Crippen molar-refractivity contribution in [3.8, 4) is 5.75 Å². The second-order valence-corrected chi connectivity index (χ2v) is 9.71. The van der Waals surface area contributed by atoms with Gasteiger partial charge >= 0.3 is 4.87 Å². The van der Waals surface area contributed by atoms with Crippen LogP contribution in [0, 0.1) is 16.0 Å². The Hall–Kier alpha value is -3.44. The Morgan fingerprint density at radius 3 is 2.58 bits per heavy atom. The minimum absolute atomic E-state index is 0.119. The molecule has 11 heteroatoms. The summed E-state index contributed by atoms with van der Waals surface area (Å²) in [4.78, 5) is 54.2. The number of benzene rings is 2. The van der Waals surface area contributed by atoms with E-state index in [1.165, 1.54) is 12.1 Å². The normalized spacial score (nSPS) is 21.6. The Morgan fingerprint density at radius 1 is 1.12 bits per heavy atom. The summed E-state index contributed by atoms with van der Waals surface area (Å²) >= 11 is 2.13. The van der Waals surface area contributed by atoms with Gasteiger partial charge in [0.25, 0.3) is 5.69 Å². The average Bonchev–Trinajstić information content (AvgIpc) is 3.29. The predicted molar refractivity (Wildman–Crippen MR) is 123 cm³/mol. The molecular weight excluding hydrogens is 466 g/mol. The summed E-state index contributed by atoms with van der Waals surface area (Å²) in [6.45, 7) is 2.35. The minimum Gasteiger partial charge on any atom is -0.494 e. The lowest BCUT2D eigenvalue weighted by molar-refractivity contribution is -0.384. The molecule has 2 aliphatic rings. The van der Waals surface area contributed by atoms with E-state index in [0.29, 0.717) is 33.5 Å². The van der Waals surface area contributed by atoms with E-state index in [1.807, 2.05) is 6.92 Å². The van der Waals surface area contributed by atoms with Gasteiger partial charge in [-0.05, 0) is 36.8 Å². The number of thiazole rings is 1. The molecule has 0 spiro atoms. The van der Waals surface area contributed by atoms with Gasteiger partial charge in [0.05, 0.1) is 28.2 Å². The van der Waals surface area contributed by atoms with Gasteiger partial charge in [-0.15, -0.1) is 0 Å². The van der Waals surface area contributed by atoms with E-state index in [-0.39, 0.29) is 16.5 Å². The van der Waals surface area contributed by atoms with Crippen molar-refractivity contribution in [2.75, 3.05) is 11.5 Å². The van der Waals surface area contributed by atoms with E-state index >= 15 is 0 Å². The number of thioether (sulfide) groups is 1. The van der Waals surface area contributed by atoms with Crippen LogP contribution in [0.1, 0.15) is 23.3 Å². The van der Waals surface area contributed by atoms with Gasteiger partial charge in [0.15, 0.2) is 0 Å². The van der Waals surface area contributed by atoms with Crippen molar-refractivity contribution in [3.63, 3.8) is 0 Å². The SMILES string of the molecule is CCOc1ccc(N2C(=O)[C@@H]3[C@@H](c4cccc([N+](=O)[O-])c4)c4sc(=O)[nH]c4S[C@H]3C2=O)cc1. The van der Waals surface area contributed by atoms with Crippen LogP contribution < -0.4 is 14.5 Å². The van der Waals surface area contributed by atoms with E-state index < -0.39 is 27.9 Å². The molecule has 2 aromatic carbocycles. The van der Waals surface area contributed by atoms with Gasteiger partial charge in [0.2, 0.25) is 11.8 Å². The zero-order valence-corrected chi connectivity index (χ0v) is 18.9. The number of aromatic amines is 1. The molecule has 0 aliphatic carbocycles. The van der Waals surface area contributed by atoms with Crippen LogP contribution >= 0.6 is 23.1 Å². The number of fused-ring (bicyclic) bond motifs is 2. The highest BCUT2D eigenvalue weighted by Gasteiger charge is 2.56. The Kier molecular flexibility index (Phi) is 5.29. The third kappa shape index (κ3) is 3.53. The van der Waals surface area contributed by atoms with Gasteiger partial charge in [-0.3, -0.25) is 24.5 Å². The van der Waals surface area contributed by atoms with Crippen LogP contribution in [0.4, 0.5) is 11.4 Å². The molecule has 1 fully saturated rings. The topological polar surface area (TPSA) is 123 Å². The van der Waals surface area contributed by atoms with Crippen LogP contribution in [-0.2, 0) is 9.59 Å².